The maximum Gasteiger partial charge on any atom is 0.127 e. The Morgan fingerprint density at radius 2 is 1.89 bits per heavy atom. The minimum absolute atomic E-state index is 0.102. The number of hydrogen-bond donors (Lipinski definition) is 1. The van der Waals surface area contributed by atoms with E-state index in [-0.39, 0.29) is 11.0 Å². The minimum Gasteiger partial charge on any atom is -0.487 e. The second-order valence-electron chi connectivity index (χ2n) is 7.37. The fraction of sp³-hybridized carbons (Fsp3) is 0.647. The highest BCUT2D eigenvalue weighted by atomic mass is 16.5. The highest BCUT2D eigenvalue weighted by molar-refractivity contribution is 5.49. The average molecular weight is 261 g/mol. The molecule has 1 aromatic rings. The molecule has 1 aliphatic rings. The second-order valence-corrected chi connectivity index (χ2v) is 7.37. The molecule has 1 unspecified atom stereocenters. The van der Waals surface area contributed by atoms with Crippen molar-refractivity contribution < 1.29 is 4.74 Å². The van der Waals surface area contributed by atoms with Crippen LogP contribution in [0.5, 0.6) is 5.75 Å². The summed E-state index contributed by atoms with van der Waals surface area (Å²) in [5.74, 6) is 1.07. The summed E-state index contributed by atoms with van der Waals surface area (Å²) < 4.78 is 6.21. The molecule has 1 N–H and O–H groups in total. The normalized spacial score (nSPS) is 21.7. The van der Waals surface area contributed by atoms with Gasteiger partial charge >= 0.3 is 0 Å². The predicted octanol–water partition coefficient (Wildman–Crippen LogP) is 4.11. The van der Waals surface area contributed by atoms with E-state index < -0.39 is 0 Å². The maximum atomic E-state index is 6.21. The fourth-order valence-corrected chi connectivity index (χ4v) is 2.81. The van der Waals surface area contributed by atoms with Crippen molar-refractivity contribution in [2.24, 2.45) is 0 Å². The third-order valence-corrected chi connectivity index (χ3v) is 3.97. The number of fused-ring (bicyclic) bond motifs is 1. The predicted molar refractivity (Wildman–Crippen MR) is 81.0 cm³/mol. The first-order valence-electron chi connectivity index (χ1n) is 7.15. The van der Waals surface area contributed by atoms with Crippen LogP contribution in [-0.4, -0.2) is 12.6 Å². The topological polar surface area (TPSA) is 21.3 Å². The van der Waals surface area contributed by atoms with Crippen molar-refractivity contribution in [1.29, 1.82) is 0 Å². The summed E-state index contributed by atoms with van der Waals surface area (Å²) in [6, 6.07) is 4.96. The van der Waals surface area contributed by atoms with Crippen molar-refractivity contribution in [3.05, 3.63) is 28.8 Å². The van der Waals surface area contributed by atoms with Crippen molar-refractivity contribution in [2.75, 3.05) is 7.05 Å². The molecule has 2 heteroatoms. The lowest BCUT2D eigenvalue weighted by Gasteiger charge is -2.39. The van der Waals surface area contributed by atoms with E-state index in [1.54, 1.807) is 0 Å². The molecular formula is C17H27NO. The van der Waals surface area contributed by atoms with E-state index in [1.165, 1.54) is 16.7 Å². The highest BCUT2D eigenvalue weighted by Crippen LogP contribution is 2.43. The molecule has 0 bridgehead atoms. The van der Waals surface area contributed by atoms with Gasteiger partial charge in [-0.15, -0.1) is 0 Å². The Hall–Kier alpha value is -1.02. The summed E-state index contributed by atoms with van der Waals surface area (Å²) in [6.07, 6.45) is 1.00. The number of aryl methyl sites for hydroxylation is 1. The van der Waals surface area contributed by atoms with Gasteiger partial charge in [-0.25, -0.2) is 0 Å². The van der Waals surface area contributed by atoms with Gasteiger partial charge in [0.25, 0.3) is 0 Å². The van der Waals surface area contributed by atoms with Gasteiger partial charge in [0.15, 0.2) is 0 Å². The first-order valence-corrected chi connectivity index (χ1v) is 7.15. The zero-order chi connectivity index (χ0) is 14.4. The van der Waals surface area contributed by atoms with E-state index in [0.717, 1.165) is 12.2 Å². The Bertz CT molecular complexity index is 483. The van der Waals surface area contributed by atoms with E-state index in [1.807, 2.05) is 7.05 Å². The van der Waals surface area contributed by atoms with Crippen LogP contribution in [0.4, 0.5) is 0 Å². The molecule has 0 aromatic heterocycles. The summed E-state index contributed by atoms with van der Waals surface area (Å²) >= 11 is 0. The van der Waals surface area contributed by atoms with Crippen LogP contribution in [-0.2, 0) is 5.41 Å². The molecule has 1 heterocycles. The Labute approximate surface area is 117 Å². The van der Waals surface area contributed by atoms with E-state index in [9.17, 15) is 0 Å². The molecule has 0 radical (unpaired) electrons. The molecule has 0 saturated heterocycles. The maximum absolute atomic E-state index is 6.21. The van der Waals surface area contributed by atoms with Crippen molar-refractivity contribution in [1.82, 2.24) is 5.32 Å². The Morgan fingerprint density at radius 3 is 2.42 bits per heavy atom. The van der Waals surface area contributed by atoms with Crippen LogP contribution in [0.25, 0.3) is 0 Å². The van der Waals surface area contributed by atoms with Gasteiger partial charge in [-0.1, -0.05) is 26.8 Å². The molecule has 0 aliphatic carbocycles. The van der Waals surface area contributed by atoms with E-state index in [2.05, 4.69) is 59.0 Å². The van der Waals surface area contributed by atoms with Crippen LogP contribution in [0.1, 0.15) is 63.8 Å². The van der Waals surface area contributed by atoms with Gasteiger partial charge < -0.3 is 10.1 Å². The second kappa shape index (κ2) is 4.52. The standard InChI is InChI=1S/C17H27NO/c1-11-8-12(16(2,3)4)9-13-14(18-7)10-17(5,6)19-15(11)13/h8-9,14,18H,10H2,1-7H3. The number of benzene rings is 1. The molecule has 1 aromatic carbocycles. The zero-order valence-electron chi connectivity index (χ0n) is 13.3. The molecule has 0 amide bonds. The molecule has 2 rings (SSSR count). The van der Waals surface area contributed by atoms with Gasteiger partial charge in [0.1, 0.15) is 11.4 Å². The smallest absolute Gasteiger partial charge is 0.127 e. The van der Waals surface area contributed by atoms with E-state index in [4.69, 9.17) is 4.74 Å². The molecule has 19 heavy (non-hydrogen) atoms. The Balaban J connectivity index is 2.57. The van der Waals surface area contributed by atoms with Crippen LogP contribution in [0.3, 0.4) is 0 Å². The summed E-state index contributed by atoms with van der Waals surface area (Å²) in [4.78, 5) is 0. The molecule has 106 valence electrons. The number of ether oxygens (including phenoxy) is 1. The van der Waals surface area contributed by atoms with Gasteiger partial charge in [0.05, 0.1) is 0 Å². The van der Waals surface area contributed by atoms with Crippen molar-refractivity contribution in [3.63, 3.8) is 0 Å². The Kier molecular flexibility index (Phi) is 3.42. The van der Waals surface area contributed by atoms with E-state index in [0.29, 0.717) is 6.04 Å². The number of rotatable bonds is 1. The van der Waals surface area contributed by atoms with Crippen LogP contribution >= 0.6 is 0 Å². The third-order valence-electron chi connectivity index (χ3n) is 3.97. The average Bonchev–Trinajstić information content (AvgIpc) is 2.27. The molecular weight excluding hydrogens is 234 g/mol. The van der Waals surface area contributed by atoms with Gasteiger partial charge in [-0.05, 0) is 50.4 Å². The summed E-state index contributed by atoms with van der Waals surface area (Å²) in [6.45, 7) is 13.3. The van der Waals surface area contributed by atoms with Crippen LogP contribution in [0, 0.1) is 6.92 Å². The minimum atomic E-state index is -0.102. The Morgan fingerprint density at radius 1 is 1.26 bits per heavy atom. The zero-order valence-corrected chi connectivity index (χ0v) is 13.3. The number of hydrogen-bond acceptors (Lipinski definition) is 2. The summed E-state index contributed by atoms with van der Waals surface area (Å²) in [7, 11) is 2.04. The summed E-state index contributed by atoms with van der Waals surface area (Å²) in [5.41, 5.74) is 4.01. The monoisotopic (exact) mass is 261 g/mol. The molecule has 0 fully saturated rings. The van der Waals surface area contributed by atoms with Crippen LogP contribution < -0.4 is 10.1 Å². The molecule has 1 atom stereocenters. The first kappa shape index (κ1) is 14.4. The van der Waals surface area contributed by atoms with Gasteiger partial charge in [0, 0.05) is 18.0 Å². The molecule has 0 spiro atoms. The van der Waals surface area contributed by atoms with Crippen molar-refractivity contribution in [2.45, 2.75) is 65.0 Å². The van der Waals surface area contributed by atoms with Crippen molar-refractivity contribution in [3.8, 4) is 5.75 Å². The summed E-state index contributed by atoms with van der Waals surface area (Å²) in [5, 5.41) is 3.44. The van der Waals surface area contributed by atoms with Crippen molar-refractivity contribution >= 4 is 0 Å². The molecule has 0 saturated carbocycles. The number of nitrogens with one attached hydrogen (secondary N) is 1. The lowest BCUT2D eigenvalue weighted by molar-refractivity contribution is 0.0665. The van der Waals surface area contributed by atoms with Gasteiger partial charge in [0.2, 0.25) is 0 Å². The lowest BCUT2D eigenvalue weighted by Crippen LogP contribution is -2.39. The third kappa shape index (κ3) is 2.79. The van der Waals surface area contributed by atoms with E-state index >= 15 is 0 Å². The van der Waals surface area contributed by atoms with Gasteiger partial charge in [-0.3, -0.25) is 0 Å². The van der Waals surface area contributed by atoms with Gasteiger partial charge in [-0.2, -0.15) is 0 Å². The SMILES string of the molecule is CNC1CC(C)(C)Oc2c(C)cc(C(C)(C)C)cc21. The lowest BCUT2D eigenvalue weighted by atomic mass is 9.81. The van der Waals surface area contributed by atoms with Crippen LogP contribution in [0.15, 0.2) is 12.1 Å². The van der Waals surface area contributed by atoms with Crippen LogP contribution in [0.2, 0.25) is 0 Å². The first-order chi connectivity index (χ1) is 8.64. The molecule has 1 aliphatic heterocycles. The fourth-order valence-electron chi connectivity index (χ4n) is 2.81. The quantitative estimate of drug-likeness (QED) is 0.821. The largest absolute Gasteiger partial charge is 0.487 e. The highest BCUT2D eigenvalue weighted by Gasteiger charge is 2.34. The molecule has 2 nitrogen and oxygen atoms in total.